The van der Waals surface area contributed by atoms with Crippen LogP contribution in [-0.2, 0) is 21.2 Å². The lowest BCUT2D eigenvalue weighted by Gasteiger charge is -2.18. The number of benzene rings is 5. The van der Waals surface area contributed by atoms with E-state index in [1.165, 1.54) is 30.3 Å². The molecular formula is C34H27ClN2O6S. The van der Waals surface area contributed by atoms with Gasteiger partial charge in [-0.1, -0.05) is 90.5 Å². The number of rotatable bonds is 11. The van der Waals surface area contributed by atoms with Crippen LogP contribution in [0.4, 0.5) is 5.69 Å². The number of ether oxygens (including phenoxy) is 1. The summed E-state index contributed by atoms with van der Waals surface area (Å²) in [6.45, 7) is 0. The van der Waals surface area contributed by atoms with Gasteiger partial charge in [0.1, 0.15) is 17.5 Å². The van der Waals surface area contributed by atoms with Crippen LogP contribution in [0.25, 0.3) is 11.1 Å². The van der Waals surface area contributed by atoms with Crippen molar-refractivity contribution in [3.05, 3.63) is 144 Å². The van der Waals surface area contributed by atoms with E-state index < -0.39 is 27.9 Å². The Morgan fingerprint density at radius 3 is 2.11 bits per heavy atom. The van der Waals surface area contributed by atoms with E-state index in [0.717, 1.165) is 11.1 Å². The third-order valence-corrected chi connectivity index (χ3v) is 8.31. The normalized spacial score (nSPS) is 11.8. The molecule has 8 nitrogen and oxygen atoms in total. The molecule has 0 bridgehead atoms. The molecule has 0 radical (unpaired) electrons. The van der Waals surface area contributed by atoms with Gasteiger partial charge in [0.2, 0.25) is 0 Å². The molecule has 3 N–H and O–H groups in total. The zero-order valence-corrected chi connectivity index (χ0v) is 24.8. The highest BCUT2D eigenvalue weighted by molar-refractivity contribution is 7.92. The minimum absolute atomic E-state index is 0.00224. The highest BCUT2D eigenvalue weighted by atomic mass is 35.5. The van der Waals surface area contributed by atoms with Crippen LogP contribution in [-0.4, -0.2) is 31.4 Å². The van der Waals surface area contributed by atoms with Crippen molar-refractivity contribution in [2.45, 2.75) is 17.4 Å². The number of para-hydroxylation sites is 2. The number of carbonyl (C=O) groups excluding carboxylic acids is 1. The van der Waals surface area contributed by atoms with Crippen molar-refractivity contribution in [2.75, 3.05) is 4.72 Å². The van der Waals surface area contributed by atoms with Crippen LogP contribution in [0.1, 0.15) is 15.9 Å². The molecule has 0 aromatic heterocycles. The quantitative estimate of drug-likeness (QED) is 0.145. The lowest BCUT2D eigenvalue weighted by molar-refractivity contribution is -0.139. The minimum atomic E-state index is -4.02. The molecule has 5 rings (SSSR count). The first-order valence-electron chi connectivity index (χ1n) is 13.5. The fourth-order valence-corrected chi connectivity index (χ4v) is 5.77. The van der Waals surface area contributed by atoms with E-state index >= 15 is 0 Å². The molecule has 10 heteroatoms. The van der Waals surface area contributed by atoms with Gasteiger partial charge >= 0.3 is 5.97 Å². The predicted octanol–water partition coefficient (Wildman–Crippen LogP) is 7.03. The van der Waals surface area contributed by atoms with Crippen LogP contribution in [0.15, 0.2) is 132 Å². The number of halogens is 1. The lowest BCUT2D eigenvalue weighted by Crippen LogP contribution is -2.42. The van der Waals surface area contributed by atoms with Crippen molar-refractivity contribution >= 4 is 39.2 Å². The number of amides is 1. The fourth-order valence-electron chi connectivity index (χ4n) is 4.50. The molecule has 5 aromatic carbocycles. The topological polar surface area (TPSA) is 122 Å². The summed E-state index contributed by atoms with van der Waals surface area (Å²) in [5.41, 5.74) is 2.23. The molecule has 5 aromatic rings. The largest absolute Gasteiger partial charge is 0.480 e. The van der Waals surface area contributed by atoms with Gasteiger partial charge in [0.05, 0.1) is 16.1 Å². The van der Waals surface area contributed by atoms with Crippen molar-refractivity contribution in [2.24, 2.45) is 0 Å². The van der Waals surface area contributed by atoms with Gasteiger partial charge in [-0.2, -0.15) is 0 Å². The van der Waals surface area contributed by atoms with Gasteiger partial charge in [0, 0.05) is 17.0 Å². The number of anilines is 1. The molecule has 0 aliphatic carbocycles. The first-order valence-corrected chi connectivity index (χ1v) is 15.4. The maximum Gasteiger partial charge on any atom is 0.326 e. The van der Waals surface area contributed by atoms with Crippen molar-refractivity contribution in [3.63, 3.8) is 0 Å². The van der Waals surface area contributed by atoms with E-state index in [1.807, 2.05) is 66.7 Å². The molecule has 0 spiro atoms. The summed E-state index contributed by atoms with van der Waals surface area (Å²) in [4.78, 5) is 25.5. The Kier molecular flexibility index (Phi) is 9.28. The number of carboxylic acids is 1. The van der Waals surface area contributed by atoms with Crippen molar-refractivity contribution in [1.29, 1.82) is 0 Å². The summed E-state index contributed by atoms with van der Waals surface area (Å²) in [6, 6.07) is 34.7. The zero-order valence-electron chi connectivity index (χ0n) is 23.2. The first kappa shape index (κ1) is 30.3. The zero-order chi connectivity index (χ0) is 31.1. The second-order valence-electron chi connectivity index (χ2n) is 9.79. The maximum atomic E-state index is 13.3. The van der Waals surface area contributed by atoms with Crippen molar-refractivity contribution < 1.29 is 27.9 Å². The third-order valence-electron chi connectivity index (χ3n) is 6.69. The number of hydrogen-bond acceptors (Lipinski definition) is 5. The summed E-state index contributed by atoms with van der Waals surface area (Å²) in [7, 11) is -4.02. The van der Waals surface area contributed by atoms with E-state index in [4.69, 9.17) is 16.3 Å². The Morgan fingerprint density at radius 2 is 1.43 bits per heavy atom. The van der Waals surface area contributed by atoms with Crippen LogP contribution >= 0.6 is 11.6 Å². The summed E-state index contributed by atoms with van der Waals surface area (Å²) in [5, 5.41) is 12.6. The molecular weight excluding hydrogens is 600 g/mol. The van der Waals surface area contributed by atoms with Crippen LogP contribution in [0.3, 0.4) is 0 Å². The van der Waals surface area contributed by atoms with Crippen LogP contribution in [0, 0.1) is 0 Å². The summed E-state index contributed by atoms with van der Waals surface area (Å²) < 4.78 is 34.3. The van der Waals surface area contributed by atoms with Gasteiger partial charge in [-0.15, -0.1) is 0 Å². The smallest absolute Gasteiger partial charge is 0.326 e. The van der Waals surface area contributed by atoms with E-state index in [1.54, 1.807) is 30.3 Å². The minimum Gasteiger partial charge on any atom is -0.480 e. The number of nitrogens with one attached hydrogen (secondary N) is 2. The highest BCUT2D eigenvalue weighted by Gasteiger charge is 2.25. The second kappa shape index (κ2) is 13.5. The molecule has 1 atom stereocenters. The van der Waals surface area contributed by atoms with E-state index in [9.17, 15) is 23.1 Å². The Balaban J connectivity index is 1.32. The number of aliphatic carboxylic acids is 1. The van der Waals surface area contributed by atoms with Crippen molar-refractivity contribution in [1.82, 2.24) is 5.32 Å². The molecule has 0 saturated heterocycles. The Morgan fingerprint density at radius 1 is 0.795 bits per heavy atom. The first-order chi connectivity index (χ1) is 21.2. The van der Waals surface area contributed by atoms with Crippen molar-refractivity contribution in [3.8, 4) is 22.6 Å². The number of hydrogen-bond donors (Lipinski definition) is 3. The maximum absolute atomic E-state index is 13.3. The van der Waals surface area contributed by atoms with Crippen LogP contribution in [0.2, 0.25) is 5.02 Å². The monoisotopic (exact) mass is 626 g/mol. The van der Waals surface area contributed by atoms with E-state index in [0.29, 0.717) is 17.1 Å². The Hall–Kier alpha value is -5.12. The number of carboxylic acid groups (broad SMARTS) is 1. The van der Waals surface area contributed by atoms with Gasteiger partial charge in [0.15, 0.2) is 0 Å². The third kappa shape index (κ3) is 7.44. The molecule has 0 unspecified atom stereocenters. The summed E-state index contributed by atoms with van der Waals surface area (Å²) in [6.07, 6.45) is -0.0187. The highest BCUT2D eigenvalue weighted by Crippen LogP contribution is 2.33. The molecule has 0 heterocycles. The van der Waals surface area contributed by atoms with E-state index in [-0.39, 0.29) is 27.6 Å². The number of carbonyl (C=O) groups is 2. The standard InChI is InChI=1S/C34H27ClN2O6S/c35-25-19-20-30(37-44(41,42)27-11-5-2-6-12-27)29(22-25)33(38)36-31(34(39)40)21-23-15-17-24(18-16-23)28-13-7-8-14-32(28)43-26-9-3-1-4-10-26/h1-20,22,31,37H,21H2,(H,36,38)(H,39,40)/t31-/m0/s1. The van der Waals surface area contributed by atoms with Gasteiger partial charge in [-0.05, 0) is 59.7 Å². The summed E-state index contributed by atoms with van der Waals surface area (Å²) >= 11 is 6.12. The summed E-state index contributed by atoms with van der Waals surface area (Å²) in [5.74, 6) is -0.679. The van der Waals surface area contributed by atoms with Crippen LogP contribution < -0.4 is 14.8 Å². The molecule has 0 saturated carbocycles. The second-order valence-corrected chi connectivity index (χ2v) is 11.9. The number of sulfonamides is 1. The SMILES string of the molecule is O=C(N[C@@H](Cc1ccc(-c2ccccc2Oc2ccccc2)cc1)C(=O)O)c1cc(Cl)ccc1NS(=O)(=O)c1ccccc1. The Labute approximate surface area is 260 Å². The van der Waals surface area contributed by atoms with E-state index in [2.05, 4.69) is 10.0 Å². The molecule has 0 aliphatic rings. The fraction of sp³-hybridized carbons (Fsp3) is 0.0588. The molecule has 0 aliphatic heterocycles. The van der Waals surface area contributed by atoms with Gasteiger partial charge in [-0.3, -0.25) is 9.52 Å². The molecule has 1 amide bonds. The average Bonchev–Trinajstić information content (AvgIpc) is 3.03. The van der Waals surface area contributed by atoms with Gasteiger partial charge in [0.25, 0.3) is 15.9 Å². The lowest BCUT2D eigenvalue weighted by atomic mass is 9.99. The predicted molar refractivity (Wildman–Crippen MR) is 170 cm³/mol. The average molecular weight is 627 g/mol. The van der Waals surface area contributed by atoms with Gasteiger partial charge in [-0.25, -0.2) is 13.2 Å². The molecule has 0 fully saturated rings. The van der Waals surface area contributed by atoms with Gasteiger partial charge < -0.3 is 15.2 Å². The Bertz CT molecular complexity index is 1880. The molecule has 44 heavy (non-hydrogen) atoms. The van der Waals surface area contributed by atoms with Crippen LogP contribution in [0.5, 0.6) is 11.5 Å². The molecule has 222 valence electrons.